The molecule has 0 unspecified atom stereocenters. The average Bonchev–Trinajstić information content (AvgIpc) is 2.93. The van der Waals surface area contributed by atoms with Gasteiger partial charge in [-0.1, -0.05) is 43.2 Å². The second-order valence-electron chi connectivity index (χ2n) is 7.05. The van der Waals surface area contributed by atoms with Gasteiger partial charge in [-0.2, -0.15) is 0 Å². The van der Waals surface area contributed by atoms with Crippen LogP contribution in [-0.2, 0) is 16.0 Å². The van der Waals surface area contributed by atoms with Crippen LogP contribution in [0.3, 0.4) is 0 Å². The molecular weight excluding hydrogens is 326 g/mol. The predicted molar refractivity (Wildman–Crippen MR) is 105 cm³/mol. The van der Waals surface area contributed by atoms with Crippen LogP contribution in [0.15, 0.2) is 30.3 Å². The summed E-state index contributed by atoms with van der Waals surface area (Å²) in [5, 5.41) is 0. The fourth-order valence-corrected chi connectivity index (χ4v) is 3.40. The third kappa shape index (κ3) is 7.16. The summed E-state index contributed by atoms with van der Waals surface area (Å²) in [4.78, 5) is 28.7. The maximum absolute atomic E-state index is 12.5. The molecule has 0 atom stereocenters. The van der Waals surface area contributed by atoms with E-state index in [4.69, 9.17) is 5.73 Å². The molecule has 5 heteroatoms. The lowest BCUT2D eigenvalue weighted by atomic mass is 10.1. The quantitative estimate of drug-likeness (QED) is 0.689. The van der Waals surface area contributed by atoms with Crippen LogP contribution in [0.2, 0.25) is 0 Å². The van der Waals surface area contributed by atoms with Gasteiger partial charge in [0.25, 0.3) is 0 Å². The molecule has 1 saturated heterocycles. The normalized spacial score (nSPS) is 15.0. The lowest BCUT2D eigenvalue weighted by molar-refractivity contribution is -0.133. The lowest BCUT2D eigenvalue weighted by Gasteiger charge is -2.22. The third-order valence-electron chi connectivity index (χ3n) is 5.02. The molecule has 26 heavy (non-hydrogen) atoms. The van der Waals surface area contributed by atoms with Crippen molar-refractivity contribution >= 4 is 11.8 Å². The van der Waals surface area contributed by atoms with E-state index in [1.165, 1.54) is 5.56 Å². The summed E-state index contributed by atoms with van der Waals surface area (Å²) >= 11 is 0. The van der Waals surface area contributed by atoms with Crippen molar-refractivity contribution in [3.8, 4) is 0 Å². The molecule has 0 bridgehead atoms. The minimum absolute atomic E-state index is 0.199. The molecule has 1 aliphatic rings. The SMILES string of the molecule is NCCCCCCC(=O)N1CCCN(C(=O)CCc2ccccc2)CC1. The van der Waals surface area contributed by atoms with E-state index < -0.39 is 0 Å². The summed E-state index contributed by atoms with van der Waals surface area (Å²) in [7, 11) is 0. The number of nitrogens with two attached hydrogens (primary N) is 1. The summed E-state index contributed by atoms with van der Waals surface area (Å²) in [6.07, 6.45) is 6.96. The first-order valence-corrected chi connectivity index (χ1v) is 10.00. The summed E-state index contributed by atoms with van der Waals surface area (Å²) in [6, 6.07) is 10.1. The molecule has 1 fully saturated rings. The Labute approximate surface area is 157 Å². The van der Waals surface area contributed by atoms with Gasteiger partial charge in [0.05, 0.1) is 0 Å². The van der Waals surface area contributed by atoms with Crippen molar-refractivity contribution in [2.75, 3.05) is 32.7 Å². The summed E-state index contributed by atoms with van der Waals surface area (Å²) in [6.45, 7) is 3.58. The molecule has 0 spiro atoms. The Hall–Kier alpha value is -1.88. The van der Waals surface area contributed by atoms with E-state index in [1.807, 2.05) is 28.0 Å². The Bertz CT molecular complexity index is 547. The maximum Gasteiger partial charge on any atom is 0.222 e. The van der Waals surface area contributed by atoms with Crippen molar-refractivity contribution in [1.29, 1.82) is 0 Å². The van der Waals surface area contributed by atoms with Gasteiger partial charge in [-0.25, -0.2) is 0 Å². The van der Waals surface area contributed by atoms with Crippen LogP contribution in [0.4, 0.5) is 0 Å². The summed E-state index contributed by atoms with van der Waals surface area (Å²) in [5.74, 6) is 0.432. The van der Waals surface area contributed by atoms with Gasteiger partial charge in [-0.3, -0.25) is 9.59 Å². The van der Waals surface area contributed by atoms with Crippen LogP contribution >= 0.6 is 0 Å². The fraction of sp³-hybridized carbons (Fsp3) is 0.619. The van der Waals surface area contributed by atoms with Crippen LogP contribution in [0.25, 0.3) is 0 Å². The molecule has 5 nitrogen and oxygen atoms in total. The van der Waals surface area contributed by atoms with Gasteiger partial charge < -0.3 is 15.5 Å². The highest BCUT2D eigenvalue weighted by atomic mass is 16.2. The maximum atomic E-state index is 12.5. The third-order valence-corrected chi connectivity index (χ3v) is 5.02. The zero-order chi connectivity index (χ0) is 18.6. The van der Waals surface area contributed by atoms with Crippen LogP contribution in [-0.4, -0.2) is 54.3 Å². The number of hydrogen-bond acceptors (Lipinski definition) is 3. The number of rotatable bonds is 9. The molecule has 2 N–H and O–H groups in total. The molecule has 1 heterocycles. The first kappa shape index (κ1) is 20.4. The largest absolute Gasteiger partial charge is 0.341 e. The molecule has 2 amide bonds. The molecule has 2 rings (SSSR count). The molecule has 144 valence electrons. The van der Waals surface area contributed by atoms with Crippen molar-refractivity contribution < 1.29 is 9.59 Å². The zero-order valence-corrected chi connectivity index (χ0v) is 15.9. The number of benzene rings is 1. The molecular formula is C21H33N3O2. The number of unbranched alkanes of at least 4 members (excludes halogenated alkanes) is 3. The minimum Gasteiger partial charge on any atom is -0.341 e. The van der Waals surface area contributed by atoms with E-state index in [9.17, 15) is 9.59 Å². The lowest BCUT2D eigenvalue weighted by Crippen LogP contribution is -2.37. The van der Waals surface area contributed by atoms with Crippen LogP contribution < -0.4 is 5.73 Å². The number of carbonyl (C=O) groups is 2. The molecule has 0 aliphatic carbocycles. The summed E-state index contributed by atoms with van der Waals surface area (Å²) in [5.41, 5.74) is 6.69. The fourth-order valence-electron chi connectivity index (χ4n) is 3.40. The summed E-state index contributed by atoms with van der Waals surface area (Å²) < 4.78 is 0. The first-order chi connectivity index (χ1) is 12.7. The topological polar surface area (TPSA) is 66.6 Å². The number of nitrogens with zero attached hydrogens (tertiary/aromatic N) is 2. The molecule has 1 aliphatic heterocycles. The highest BCUT2D eigenvalue weighted by Gasteiger charge is 2.21. The van der Waals surface area contributed by atoms with Gasteiger partial charge in [-0.15, -0.1) is 0 Å². The van der Waals surface area contributed by atoms with Gasteiger partial charge in [0, 0.05) is 39.0 Å². The Morgan fingerprint density at radius 2 is 1.42 bits per heavy atom. The number of hydrogen-bond donors (Lipinski definition) is 1. The smallest absolute Gasteiger partial charge is 0.222 e. The number of carbonyl (C=O) groups excluding carboxylic acids is 2. The van der Waals surface area contributed by atoms with Gasteiger partial charge >= 0.3 is 0 Å². The van der Waals surface area contributed by atoms with Crippen molar-refractivity contribution in [2.45, 2.75) is 51.4 Å². The van der Waals surface area contributed by atoms with E-state index in [0.29, 0.717) is 25.9 Å². The molecule has 0 aromatic heterocycles. The van der Waals surface area contributed by atoms with Crippen LogP contribution in [0.1, 0.15) is 50.5 Å². The van der Waals surface area contributed by atoms with Crippen LogP contribution in [0, 0.1) is 0 Å². The predicted octanol–water partition coefficient (Wildman–Crippen LogP) is 2.59. The molecule has 1 aromatic carbocycles. The molecule has 1 aromatic rings. The highest BCUT2D eigenvalue weighted by molar-refractivity contribution is 5.78. The van der Waals surface area contributed by atoms with Crippen molar-refractivity contribution in [3.63, 3.8) is 0 Å². The van der Waals surface area contributed by atoms with E-state index in [1.54, 1.807) is 0 Å². The molecule has 0 saturated carbocycles. The monoisotopic (exact) mass is 359 g/mol. The Balaban J connectivity index is 1.69. The van der Waals surface area contributed by atoms with Crippen molar-refractivity contribution in [3.05, 3.63) is 35.9 Å². The van der Waals surface area contributed by atoms with E-state index >= 15 is 0 Å². The zero-order valence-electron chi connectivity index (χ0n) is 15.9. The van der Waals surface area contributed by atoms with Gasteiger partial charge in [0.15, 0.2) is 0 Å². The second kappa shape index (κ2) is 11.7. The Kier molecular flexibility index (Phi) is 9.18. The Morgan fingerprint density at radius 1 is 0.808 bits per heavy atom. The number of amides is 2. The average molecular weight is 360 g/mol. The Morgan fingerprint density at radius 3 is 2.08 bits per heavy atom. The molecule has 0 radical (unpaired) electrons. The van der Waals surface area contributed by atoms with Crippen molar-refractivity contribution in [1.82, 2.24) is 9.80 Å². The standard InChI is InChI=1S/C21H33N3O2/c22-14-7-2-1-6-11-20(25)23-15-8-16-24(18-17-23)21(26)13-12-19-9-4-3-5-10-19/h3-5,9-10H,1-2,6-8,11-18,22H2. The van der Waals surface area contributed by atoms with E-state index in [2.05, 4.69) is 12.1 Å². The number of aryl methyl sites for hydroxylation is 1. The first-order valence-electron chi connectivity index (χ1n) is 10.00. The second-order valence-corrected chi connectivity index (χ2v) is 7.05. The van der Waals surface area contributed by atoms with E-state index in [0.717, 1.165) is 58.2 Å². The highest BCUT2D eigenvalue weighted by Crippen LogP contribution is 2.11. The van der Waals surface area contributed by atoms with Gasteiger partial charge in [0.2, 0.25) is 11.8 Å². The van der Waals surface area contributed by atoms with E-state index in [-0.39, 0.29) is 11.8 Å². The van der Waals surface area contributed by atoms with Crippen LogP contribution in [0.5, 0.6) is 0 Å². The van der Waals surface area contributed by atoms with Gasteiger partial charge in [-0.05, 0) is 37.8 Å². The van der Waals surface area contributed by atoms with Gasteiger partial charge in [0.1, 0.15) is 0 Å². The van der Waals surface area contributed by atoms with Crippen molar-refractivity contribution in [2.24, 2.45) is 5.73 Å². The minimum atomic E-state index is 0.199.